The average molecular weight is 287 g/mol. The number of rotatable bonds is 5. The van der Waals surface area contributed by atoms with Gasteiger partial charge < -0.3 is 15.3 Å². The number of aliphatic carboxylic acids is 2. The summed E-state index contributed by atoms with van der Waals surface area (Å²) in [6.07, 6.45) is 0.887. The maximum Gasteiger partial charge on any atom is 0.358 e. The minimum absolute atomic E-state index is 0.116. The van der Waals surface area contributed by atoms with Crippen molar-refractivity contribution in [2.24, 2.45) is 11.3 Å². The van der Waals surface area contributed by atoms with Gasteiger partial charge in [0, 0.05) is 5.41 Å². The van der Waals surface area contributed by atoms with Crippen LogP contribution in [-0.4, -0.2) is 50.3 Å². The molecule has 0 aliphatic carbocycles. The topological polar surface area (TPSA) is 115 Å². The number of aliphatic hydroxyl groups is 1. The van der Waals surface area contributed by atoms with Crippen molar-refractivity contribution in [3.05, 3.63) is 0 Å². The second-order valence-electron chi connectivity index (χ2n) is 5.34. The molecular formula is C13H21NO6. The van der Waals surface area contributed by atoms with Crippen LogP contribution in [0.25, 0.3) is 0 Å². The van der Waals surface area contributed by atoms with Gasteiger partial charge in [0.05, 0.1) is 0 Å². The molecule has 1 heterocycles. The zero-order valence-electron chi connectivity index (χ0n) is 11.9. The first-order valence-corrected chi connectivity index (χ1v) is 6.65. The first-order chi connectivity index (χ1) is 9.22. The van der Waals surface area contributed by atoms with E-state index >= 15 is 0 Å². The molecule has 7 nitrogen and oxygen atoms in total. The quantitative estimate of drug-likeness (QED) is 0.635. The van der Waals surface area contributed by atoms with Crippen molar-refractivity contribution < 1.29 is 29.7 Å². The standard InChI is InChI=1S/C13H21NO6/c1-4-12(5-2)8(3)6-9(10(16)17)14(7-15)13(12,20)11(18)19/h7-9,20H,4-6H2,1-3H3,(H,16,17)(H,18,19). The molecule has 3 unspecified atom stereocenters. The number of piperidine rings is 1. The van der Waals surface area contributed by atoms with E-state index in [9.17, 15) is 29.7 Å². The minimum atomic E-state index is -2.51. The van der Waals surface area contributed by atoms with Gasteiger partial charge in [-0.15, -0.1) is 0 Å². The number of carbonyl (C=O) groups is 3. The molecule has 0 bridgehead atoms. The first kappa shape index (κ1) is 16.4. The van der Waals surface area contributed by atoms with Gasteiger partial charge in [-0.05, 0) is 25.2 Å². The van der Waals surface area contributed by atoms with E-state index in [1.807, 2.05) is 0 Å². The summed E-state index contributed by atoms with van der Waals surface area (Å²) < 4.78 is 0. The monoisotopic (exact) mass is 287 g/mol. The summed E-state index contributed by atoms with van der Waals surface area (Å²) in [4.78, 5) is 34.7. The number of hydrogen-bond acceptors (Lipinski definition) is 4. The maximum absolute atomic E-state index is 11.6. The van der Waals surface area contributed by atoms with Gasteiger partial charge in [0.1, 0.15) is 6.04 Å². The van der Waals surface area contributed by atoms with E-state index in [0.717, 1.165) is 0 Å². The molecule has 114 valence electrons. The molecule has 7 heteroatoms. The van der Waals surface area contributed by atoms with E-state index in [1.165, 1.54) is 0 Å². The fourth-order valence-corrected chi connectivity index (χ4v) is 3.63. The van der Waals surface area contributed by atoms with Gasteiger partial charge in [-0.2, -0.15) is 0 Å². The molecule has 0 saturated carbocycles. The van der Waals surface area contributed by atoms with Gasteiger partial charge in [-0.1, -0.05) is 20.8 Å². The van der Waals surface area contributed by atoms with Crippen LogP contribution in [0.2, 0.25) is 0 Å². The summed E-state index contributed by atoms with van der Waals surface area (Å²) >= 11 is 0. The Morgan fingerprint density at radius 3 is 2.10 bits per heavy atom. The molecule has 1 amide bonds. The van der Waals surface area contributed by atoms with Crippen molar-refractivity contribution in [3.63, 3.8) is 0 Å². The highest BCUT2D eigenvalue weighted by molar-refractivity contribution is 5.85. The molecule has 0 spiro atoms. The SMILES string of the molecule is CCC1(CC)C(C)CC(C(=O)O)N(C=O)C1(O)C(=O)O. The van der Waals surface area contributed by atoms with E-state index in [1.54, 1.807) is 20.8 Å². The lowest BCUT2D eigenvalue weighted by Gasteiger charge is -2.57. The summed E-state index contributed by atoms with van der Waals surface area (Å²) in [5, 5.41) is 29.4. The van der Waals surface area contributed by atoms with Crippen LogP contribution in [0.1, 0.15) is 40.0 Å². The van der Waals surface area contributed by atoms with Gasteiger partial charge in [0.15, 0.2) is 0 Å². The third-order valence-electron chi connectivity index (χ3n) is 4.88. The van der Waals surface area contributed by atoms with Crippen molar-refractivity contribution in [1.82, 2.24) is 4.90 Å². The highest BCUT2D eigenvalue weighted by Crippen LogP contribution is 2.52. The summed E-state index contributed by atoms with van der Waals surface area (Å²) in [5.74, 6) is -3.26. The molecule has 1 aliphatic heterocycles. The van der Waals surface area contributed by atoms with Crippen molar-refractivity contribution >= 4 is 18.3 Å². The number of hydrogen-bond donors (Lipinski definition) is 3. The highest BCUT2D eigenvalue weighted by atomic mass is 16.4. The van der Waals surface area contributed by atoms with Crippen LogP contribution >= 0.6 is 0 Å². The molecule has 1 fully saturated rings. The predicted molar refractivity (Wildman–Crippen MR) is 68.7 cm³/mol. The lowest BCUT2D eigenvalue weighted by molar-refractivity contribution is -0.251. The van der Waals surface area contributed by atoms with Crippen molar-refractivity contribution in [1.29, 1.82) is 0 Å². The number of carboxylic acids is 2. The number of likely N-dealkylation sites (tertiary alicyclic amines) is 1. The van der Waals surface area contributed by atoms with Crippen LogP contribution in [0.4, 0.5) is 0 Å². The summed E-state index contributed by atoms with van der Waals surface area (Å²) in [5.41, 5.74) is -3.59. The van der Waals surface area contributed by atoms with E-state index in [2.05, 4.69) is 0 Å². The fourth-order valence-electron chi connectivity index (χ4n) is 3.63. The van der Waals surface area contributed by atoms with E-state index in [4.69, 9.17) is 0 Å². The van der Waals surface area contributed by atoms with Crippen molar-refractivity contribution in [2.75, 3.05) is 0 Å². The average Bonchev–Trinajstić information content (AvgIpc) is 2.39. The third kappa shape index (κ3) is 1.88. The molecule has 0 aromatic heterocycles. The highest BCUT2D eigenvalue weighted by Gasteiger charge is 2.65. The van der Waals surface area contributed by atoms with Crippen LogP contribution in [0, 0.1) is 11.3 Å². The predicted octanol–water partition coefficient (Wildman–Crippen LogP) is 0.517. The van der Waals surface area contributed by atoms with Crippen LogP contribution in [0.5, 0.6) is 0 Å². The van der Waals surface area contributed by atoms with E-state index in [-0.39, 0.29) is 18.7 Å². The number of amides is 1. The molecule has 3 atom stereocenters. The number of carbonyl (C=O) groups excluding carboxylic acids is 1. The molecule has 1 aliphatic rings. The summed E-state index contributed by atoms with van der Waals surface area (Å²) in [6.45, 7) is 5.19. The van der Waals surface area contributed by atoms with Gasteiger partial charge in [0.2, 0.25) is 12.1 Å². The Hall–Kier alpha value is -1.63. The van der Waals surface area contributed by atoms with Gasteiger partial charge >= 0.3 is 11.9 Å². The Labute approximate surface area is 117 Å². The number of carboxylic acid groups (broad SMARTS) is 2. The zero-order valence-corrected chi connectivity index (χ0v) is 11.9. The molecule has 0 aromatic rings. The van der Waals surface area contributed by atoms with Crippen LogP contribution in [0.3, 0.4) is 0 Å². The summed E-state index contributed by atoms with van der Waals surface area (Å²) in [6, 6.07) is -1.34. The van der Waals surface area contributed by atoms with Crippen molar-refractivity contribution in [3.8, 4) is 0 Å². The normalized spacial score (nSPS) is 32.7. The van der Waals surface area contributed by atoms with Crippen LogP contribution < -0.4 is 0 Å². The van der Waals surface area contributed by atoms with Crippen LogP contribution in [0.15, 0.2) is 0 Å². The van der Waals surface area contributed by atoms with E-state index in [0.29, 0.717) is 17.7 Å². The second kappa shape index (κ2) is 5.40. The third-order valence-corrected chi connectivity index (χ3v) is 4.88. The van der Waals surface area contributed by atoms with Crippen LogP contribution in [-0.2, 0) is 14.4 Å². The Bertz CT molecular complexity index is 419. The van der Waals surface area contributed by atoms with Gasteiger partial charge in [-0.3, -0.25) is 9.69 Å². The Morgan fingerprint density at radius 2 is 1.80 bits per heavy atom. The van der Waals surface area contributed by atoms with E-state index < -0.39 is 29.1 Å². The molecule has 1 saturated heterocycles. The Balaban J connectivity index is 3.54. The molecular weight excluding hydrogens is 266 g/mol. The van der Waals surface area contributed by atoms with Gasteiger partial charge in [-0.25, -0.2) is 9.59 Å². The Morgan fingerprint density at radius 1 is 1.30 bits per heavy atom. The van der Waals surface area contributed by atoms with Crippen molar-refractivity contribution in [2.45, 2.75) is 51.8 Å². The minimum Gasteiger partial charge on any atom is -0.480 e. The molecule has 0 radical (unpaired) electrons. The number of nitrogens with zero attached hydrogens (tertiary/aromatic N) is 1. The molecule has 1 rings (SSSR count). The largest absolute Gasteiger partial charge is 0.480 e. The maximum atomic E-state index is 11.6. The zero-order chi connectivity index (χ0) is 15.7. The molecule has 3 N–H and O–H groups in total. The fraction of sp³-hybridized carbons (Fsp3) is 0.769. The second-order valence-corrected chi connectivity index (χ2v) is 5.34. The lowest BCUT2D eigenvalue weighted by Crippen LogP contribution is -2.73. The molecule has 0 aromatic carbocycles. The Kier molecular flexibility index (Phi) is 4.43. The smallest absolute Gasteiger partial charge is 0.358 e. The lowest BCUT2D eigenvalue weighted by atomic mass is 9.59. The first-order valence-electron chi connectivity index (χ1n) is 6.65. The summed E-state index contributed by atoms with van der Waals surface area (Å²) in [7, 11) is 0. The van der Waals surface area contributed by atoms with Gasteiger partial charge in [0.25, 0.3) is 0 Å². The molecule has 20 heavy (non-hydrogen) atoms.